The molecule has 0 bridgehead atoms. The molecule has 0 saturated carbocycles. The summed E-state index contributed by atoms with van der Waals surface area (Å²) < 4.78 is 0. The SMILES string of the molecule is CNc1nnc(N(C)Cc2ccc(C)s2)[nH]1. The molecule has 0 spiro atoms. The largest absolute Gasteiger partial charge is 0.358 e. The lowest BCUT2D eigenvalue weighted by Gasteiger charge is -2.13. The van der Waals surface area contributed by atoms with E-state index in [0.29, 0.717) is 5.95 Å². The van der Waals surface area contributed by atoms with Gasteiger partial charge in [0.2, 0.25) is 11.9 Å². The molecule has 2 aromatic rings. The van der Waals surface area contributed by atoms with Gasteiger partial charge in [0.1, 0.15) is 0 Å². The van der Waals surface area contributed by atoms with Crippen LogP contribution in [0.1, 0.15) is 9.75 Å². The molecule has 86 valence electrons. The van der Waals surface area contributed by atoms with Gasteiger partial charge in [-0.15, -0.1) is 21.5 Å². The Bertz CT molecular complexity index is 461. The summed E-state index contributed by atoms with van der Waals surface area (Å²) in [5.41, 5.74) is 0. The summed E-state index contributed by atoms with van der Waals surface area (Å²) in [4.78, 5) is 7.78. The van der Waals surface area contributed by atoms with E-state index in [2.05, 4.69) is 39.6 Å². The number of aromatic amines is 1. The van der Waals surface area contributed by atoms with Crippen LogP contribution in [0.5, 0.6) is 0 Å². The Hall–Kier alpha value is -1.56. The second-order valence-corrected chi connectivity index (χ2v) is 4.99. The Kier molecular flexibility index (Phi) is 3.09. The van der Waals surface area contributed by atoms with E-state index in [9.17, 15) is 0 Å². The molecule has 0 aliphatic carbocycles. The highest BCUT2D eigenvalue weighted by Gasteiger charge is 2.08. The van der Waals surface area contributed by atoms with Gasteiger partial charge in [-0.3, -0.25) is 4.98 Å². The average Bonchev–Trinajstić information content (AvgIpc) is 2.87. The van der Waals surface area contributed by atoms with Crippen LogP contribution in [-0.4, -0.2) is 29.3 Å². The van der Waals surface area contributed by atoms with Crippen molar-refractivity contribution in [2.75, 3.05) is 24.3 Å². The minimum atomic E-state index is 0.684. The lowest BCUT2D eigenvalue weighted by molar-refractivity contribution is 0.882. The maximum atomic E-state index is 4.05. The third-order valence-electron chi connectivity index (χ3n) is 2.26. The standard InChI is InChI=1S/C10H15N5S/c1-7-4-5-8(16-7)6-15(3)10-12-9(11-2)13-14-10/h4-5H,6H2,1-3H3,(H2,11,12,13,14). The number of hydrogen-bond donors (Lipinski definition) is 2. The van der Waals surface area contributed by atoms with Crippen molar-refractivity contribution in [3.8, 4) is 0 Å². The minimum absolute atomic E-state index is 0.684. The molecule has 5 nitrogen and oxygen atoms in total. The normalized spacial score (nSPS) is 10.4. The summed E-state index contributed by atoms with van der Waals surface area (Å²) in [6, 6.07) is 4.28. The van der Waals surface area contributed by atoms with Crippen LogP contribution in [-0.2, 0) is 6.54 Å². The van der Waals surface area contributed by atoms with Gasteiger partial charge < -0.3 is 10.2 Å². The fraction of sp³-hybridized carbons (Fsp3) is 0.400. The first kappa shape index (κ1) is 10.9. The van der Waals surface area contributed by atoms with Gasteiger partial charge in [0.25, 0.3) is 0 Å². The first-order chi connectivity index (χ1) is 7.69. The minimum Gasteiger partial charge on any atom is -0.358 e. The summed E-state index contributed by atoms with van der Waals surface area (Å²) in [5.74, 6) is 1.46. The molecule has 0 aliphatic rings. The van der Waals surface area contributed by atoms with Gasteiger partial charge in [-0.1, -0.05) is 0 Å². The third kappa shape index (κ3) is 2.33. The number of nitrogens with one attached hydrogen (secondary N) is 2. The number of rotatable bonds is 4. The van der Waals surface area contributed by atoms with Crippen molar-refractivity contribution in [2.24, 2.45) is 0 Å². The first-order valence-corrected chi connectivity index (χ1v) is 5.87. The Labute approximate surface area is 98.5 Å². The first-order valence-electron chi connectivity index (χ1n) is 5.06. The summed E-state index contributed by atoms with van der Waals surface area (Å²) in [6.45, 7) is 2.96. The van der Waals surface area contributed by atoms with Crippen molar-refractivity contribution in [3.63, 3.8) is 0 Å². The van der Waals surface area contributed by atoms with E-state index in [-0.39, 0.29) is 0 Å². The van der Waals surface area contributed by atoms with Crippen LogP contribution in [0.3, 0.4) is 0 Å². The van der Waals surface area contributed by atoms with E-state index >= 15 is 0 Å². The van der Waals surface area contributed by atoms with Gasteiger partial charge in [-0.05, 0) is 19.1 Å². The van der Waals surface area contributed by atoms with Crippen LogP contribution in [0.2, 0.25) is 0 Å². The maximum Gasteiger partial charge on any atom is 0.226 e. The maximum absolute atomic E-state index is 4.05. The Morgan fingerprint density at radius 2 is 2.25 bits per heavy atom. The zero-order valence-corrected chi connectivity index (χ0v) is 10.4. The number of thiophene rings is 1. The van der Waals surface area contributed by atoms with Crippen LogP contribution in [0, 0.1) is 6.92 Å². The topological polar surface area (TPSA) is 56.8 Å². The van der Waals surface area contributed by atoms with E-state index in [0.717, 1.165) is 12.5 Å². The molecule has 2 N–H and O–H groups in total. The monoisotopic (exact) mass is 237 g/mol. The van der Waals surface area contributed by atoms with Crippen molar-refractivity contribution in [3.05, 3.63) is 21.9 Å². The zero-order valence-electron chi connectivity index (χ0n) is 9.61. The number of nitrogens with zero attached hydrogens (tertiary/aromatic N) is 3. The molecule has 2 aromatic heterocycles. The predicted octanol–water partition coefficient (Wildman–Crippen LogP) is 1.85. The lowest BCUT2D eigenvalue weighted by atomic mass is 10.4. The molecule has 0 radical (unpaired) electrons. The van der Waals surface area contributed by atoms with Crippen molar-refractivity contribution >= 4 is 23.2 Å². The quantitative estimate of drug-likeness (QED) is 0.852. The predicted molar refractivity (Wildman–Crippen MR) is 67.1 cm³/mol. The van der Waals surface area contributed by atoms with Crippen molar-refractivity contribution in [2.45, 2.75) is 13.5 Å². The van der Waals surface area contributed by atoms with E-state index in [1.54, 1.807) is 11.3 Å². The summed E-state index contributed by atoms with van der Waals surface area (Å²) in [7, 11) is 3.81. The van der Waals surface area contributed by atoms with Crippen LogP contribution in [0.15, 0.2) is 12.1 Å². The molecule has 2 heterocycles. The number of H-pyrrole nitrogens is 1. The Morgan fingerprint density at radius 3 is 2.81 bits per heavy atom. The van der Waals surface area contributed by atoms with Gasteiger partial charge in [-0.25, -0.2) is 0 Å². The van der Waals surface area contributed by atoms with Crippen LogP contribution >= 0.6 is 11.3 Å². The van der Waals surface area contributed by atoms with Crippen LogP contribution in [0.25, 0.3) is 0 Å². The summed E-state index contributed by atoms with van der Waals surface area (Å²) >= 11 is 1.80. The van der Waals surface area contributed by atoms with Gasteiger partial charge in [-0.2, -0.15) is 0 Å². The second kappa shape index (κ2) is 4.52. The Morgan fingerprint density at radius 1 is 1.44 bits per heavy atom. The molecule has 0 amide bonds. The van der Waals surface area contributed by atoms with Gasteiger partial charge in [0, 0.05) is 23.8 Å². The van der Waals surface area contributed by atoms with E-state index < -0.39 is 0 Å². The molecule has 0 aliphatic heterocycles. The van der Waals surface area contributed by atoms with Crippen molar-refractivity contribution in [1.29, 1.82) is 0 Å². The van der Waals surface area contributed by atoms with E-state index in [1.807, 2.05) is 19.0 Å². The molecule has 0 aromatic carbocycles. The lowest BCUT2D eigenvalue weighted by Crippen LogP contribution is -2.17. The molecular formula is C10H15N5S. The van der Waals surface area contributed by atoms with E-state index in [4.69, 9.17) is 0 Å². The van der Waals surface area contributed by atoms with Crippen LogP contribution in [0.4, 0.5) is 11.9 Å². The molecule has 0 fully saturated rings. The molecule has 2 rings (SSSR count). The second-order valence-electron chi connectivity index (χ2n) is 3.62. The van der Waals surface area contributed by atoms with Gasteiger partial charge >= 0.3 is 0 Å². The average molecular weight is 237 g/mol. The Balaban J connectivity index is 2.05. The number of aryl methyl sites for hydroxylation is 1. The zero-order chi connectivity index (χ0) is 11.5. The van der Waals surface area contributed by atoms with Crippen LogP contribution < -0.4 is 10.2 Å². The number of aromatic nitrogens is 3. The number of hydrogen-bond acceptors (Lipinski definition) is 5. The highest BCUT2D eigenvalue weighted by Crippen LogP contribution is 2.18. The molecule has 6 heteroatoms. The molecule has 0 unspecified atom stereocenters. The molecule has 0 saturated heterocycles. The highest BCUT2D eigenvalue weighted by atomic mass is 32.1. The fourth-order valence-corrected chi connectivity index (χ4v) is 2.36. The third-order valence-corrected chi connectivity index (χ3v) is 3.25. The smallest absolute Gasteiger partial charge is 0.226 e. The number of anilines is 2. The van der Waals surface area contributed by atoms with Gasteiger partial charge in [0.05, 0.1) is 6.54 Å². The molecular weight excluding hydrogens is 222 g/mol. The molecule has 0 atom stereocenters. The molecule has 16 heavy (non-hydrogen) atoms. The van der Waals surface area contributed by atoms with Gasteiger partial charge in [0.15, 0.2) is 0 Å². The summed E-state index contributed by atoms with van der Waals surface area (Å²) in [6.07, 6.45) is 0. The highest BCUT2D eigenvalue weighted by molar-refractivity contribution is 7.11. The fourth-order valence-electron chi connectivity index (χ4n) is 1.42. The van der Waals surface area contributed by atoms with E-state index in [1.165, 1.54) is 9.75 Å². The van der Waals surface area contributed by atoms with Crippen molar-refractivity contribution < 1.29 is 0 Å². The van der Waals surface area contributed by atoms with Crippen molar-refractivity contribution in [1.82, 2.24) is 15.2 Å². The summed E-state index contributed by atoms with van der Waals surface area (Å²) in [5, 5.41) is 10.9.